The molecule has 1 N–H and O–H groups in total. The molecular weight excluding hydrogens is 246 g/mol. The average Bonchev–Trinajstić information content (AvgIpc) is 2.38. The molecule has 0 unspecified atom stereocenters. The van der Waals surface area contributed by atoms with Crippen LogP contribution in [0.3, 0.4) is 0 Å². The normalized spacial score (nSPS) is 11.6. The van der Waals surface area contributed by atoms with Crippen LogP contribution in [0, 0.1) is 6.92 Å². The van der Waals surface area contributed by atoms with E-state index < -0.39 is 5.97 Å². The van der Waals surface area contributed by atoms with Gasteiger partial charge >= 0.3 is 5.97 Å². The van der Waals surface area contributed by atoms with Gasteiger partial charge in [-0.05, 0) is 32.1 Å². The first kappa shape index (κ1) is 14.8. The van der Waals surface area contributed by atoms with E-state index in [-0.39, 0.29) is 12.3 Å². The van der Waals surface area contributed by atoms with Crippen molar-refractivity contribution in [3.63, 3.8) is 0 Å². The Labute approximate surface area is 112 Å². The zero-order chi connectivity index (χ0) is 14.3. The number of ether oxygens (including phenoxy) is 1. The van der Waals surface area contributed by atoms with E-state index in [0.717, 1.165) is 16.9 Å². The molecule has 0 saturated carbocycles. The lowest BCUT2D eigenvalue weighted by Gasteiger charge is -2.05. The maximum Gasteiger partial charge on any atom is 0.353 e. The second-order valence-corrected chi connectivity index (χ2v) is 3.93. The smallest absolute Gasteiger partial charge is 0.353 e. The minimum atomic E-state index is -1.09. The molecule has 0 amide bonds. The van der Waals surface area contributed by atoms with Crippen LogP contribution < -0.4 is 4.74 Å². The average molecular weight is 263 g/mol. The fourth-order valence-corrected chi connectivity index (χ4v) is 1.38. The number of aryl methyl sites for hydroxylation is 1. The van der Waals surface area contributed by atoms with Crippen LogP contribution in [0.15, 0.2) is 29.4 Å². The van der Waals surface area contributed by atoms with Gasteiger partial charge in [0, 0.05) is 5.56 Å². The third-order valence-corrected chi connectivity index (χ3v) is 2.36. The molecule has 0 fully saturated rings. The van der Waals surface area contributed by atoms with Gasteiger partial charge in [-0.2, -0.15) is 0 Å². The lowest BCUT2D eigenvalue weighted by atomic mass is 10.1. The Morgan fingerprint density at radius 2 is 2.21 bits per heavy atom. The molecule has 0 spiro atoms. The van der Waals surface area contributed by atoms with Gasteiger partial charge in [-0.25, -0.2) is 4.79 Å². The Morgan fingerprint density at radius 3 is 2.84 bits per heavy atom. The molecule has 0 radical (unpaired) electrons. The van der Waals surface area contributed by atoms with Crippen LogP contribution in [0.2, 0.25) is 0 Å². The minimum Gasteiger partial charge on any atom is -0.496 e. The van der Waals surface area contributed by atoms with E-state index in [9.17, 15) is 4.79 Å². The van der Waals surface area contributed by atoms with Crippen LogP contribution in [-0.2, 0) is 9.63 Å². The number of methoxy groups -OCH3 is 1. The lowest BCUT2D eigenvalue weighted by Crippen LogP contribution is -2.08. The van der Waals surface area contributed by atoms with Gasteiger partial charge in [0.25, 0.3) is 0 Å². The number of oxime groups is 1. The largest absolute Gasteiger partial charge is 0.496 e. The van der Waals surface area contributed by atoms with Crippen LogP contribution in [0.1, 0.15) is 18.1 Å². The van der Waals surface area contributed by atoms with Crippen molar-refractivity contribution in [2.45, 2.75) is 13.8 Å². The topological polar surface area (TPSA) is 68.1 Å². The van der Waals surface area contributed by atoms with E-state index in [1.165, 1.54) is 6.92 Å². The fourth-order valence-electron chi connectivity index (χ4n) is 1.38. The maximum absolute atomic E-state index is 10.5. The number of hydrogen-bond donors (Lipinski definition) is 1. The summed E-state index contributed by atoms with van der Waals surface area (Å²) >= 11 is 0. The molecule has 0 saturated heterocycles. The van der Waals surface area contributed by atoms with Gasteiger partial charge in [-0.15, -0.1) is 0 Å². The summed E-state index contributed by atoms with van der Waals surface area (Å²) in [6.45, 7) is 3.56. The van der Waals surface area contributed by atoms with Crippen molar-refractivity contribution in [3.05, 3.63) is 35.4 Å². The van der Waals surface area contributed by atoms with Crippen LogP contribution >= 0.6 is 0 Å². The molecule has 5 heteroatoms. The first-order chi connectivity index (χ1) is 9.04. The van der Waals surface area contributed by atoms with E-state index in [1.54, 1.807) is 13.2 Å². The molecule has 0 atom stereocenters. The summed E-state index contributed by atoms with van der Waals surface area (Å²) in [5.74, 6) is -0.323. The minimum absolute atomic E-state index is 0.0819. The molecule has 1 aromatic rings. The fraction of sp³-hybridized carbons (Fsp3) is 0.286. The summed E-state index contributed by atoms with van der Waals surface area (Å²) in [6.07, 6.45) is 3.59. The Morgan fingerprint density at radius 1 is 1.47 bits per heavy atom. The van der Waals surface area contributed by atoms with Gasteiger partial charge in [-0.3, -0.25) is 0 Å². The number of aliphatic carboxylic acids is 1. The summed E-state index contributed by atoms with van der Waals surface area (Å²) in [5, 5.41) is 12.0. The van der Waals surface area contributed by atoms with Crippen molar-refractivity contribution in [2.75, 3.05) is 13.7 Å². The number of carbonyl (C=O) groups is 1. The predicted molar refractivity (Wildman–Crippen MR) is 73.5 cm³/mol. The first-order valence-corrected chi connectivity index (χ1v) is 5.75. The summed E-state index contributed by atoms with van der Waals surface area (Å²) < 4.78 is 5.23. The van der Waals surface area contributed by atoms with Gasteiger partial charge in [0.2, 0.25) is 0 Å². The van der Waals surface area contributed by atoms with E-state index in [1.807, 2.05) is 31.2 Å². The van der Waals surface area contributed by atoms with Crippen molar-refractivity contribution >= 4 is 17.8 Å². The molecule has 0 bridgehead atoms. The predicted octanol–water partition coefficient (Wildman–Crippen LogP) is 2.49. The maximum atomic E-state index is 10.5. The second-order valence-electron chi connectivity index (χ2n) is 3.93. The SMILES string of the molecule is COc1ccc(C)cc1/C=C/CO/N=C(/C)C(=O)O. The van der Waals surface area contributed by atoms with Gasteiger partial charge in [0.05, 0.1) is 7.11 Å². The zero-order valence-electron chi connectivity index (χ0n) is 11.2. The number of hydrogen-bond acceptors (Lipinski definition) is 4. The summed E-state index contributed by atoms with van der Waals surface area (Å²) in [4.78, 5) is 15.3. The van der Waals surface area contributed by atoms with Gasteiger partial charge in [0.15, 0.2) is 5.71 Å². The number of nitrogens with zero attached hydrogens (tertiary/aromatic N) is 1. The second kappa shape index (κ2) is 7.20. The molecule has 0 aromatic heterocycles. The highest BCUT2D eigenvalue weighted by Crippen LogP contribution is 2.20. The molecular formula is C14H17NO4. The highest BCUT2D eigenvalue weighted by atomic mass is 16.6. The standard InChI is InChI=1S/C14H17NO4/c1-10-6-7-13(18-3)12(9-10)5-4-8-19-15-11(2)14(16)17/h4-7,9H,8H2,1-3H3,(H,16,17)/b5-4+,15-11-. The first-order valence-electron chi connectivity index (χ1n) is 5.75. The molecule has 0 aliphatic rings. The van der Waals surface area contributed by atoms with Crippen LogP contribution in [-0.4, -0.2) is 30.5 Å². The Hall–Kier alpha value is -2.30. The van der Waals surface area contributed by atoms with E-state index in [2.05, 4.69) is 5.16 Å². The highest BCUT2D eigenvalue weighted by Gasteiger charge is 2.01. The van der Waals surface area contributed by atoms with Crippen molar-refractivity contribution in [3.8, 4) is 5.75 Å². The molecule has 0 heterocycles. The quantitative estimate of drug-likeness (QED) is 0.486. The number of rotatable bonds is 6. The van der Waals surface area contributed by atoms with E-state index in [4.69, 9.17) is 14.7 Å². The van der Waals surface area contributed by atoms with Crippen LogP contribution in [0.25, 0.3) is 6.08 Å². The molecule has 1 rings (SSSR count). The molecule has 19 heavy (non-hydrogen) atoms. The molecule has 5 nitrogen and oxygen atoms in total. The van der Waals surface area contributed by atoms with Crippen molar-refractivity contribution in [1.29, 1.82) is 0 Å². The Bertz CT molecular complexity index is 506. The van der Waals surface area contributed by atoms with Gasteiger partial charge in [0.1, 0.15) is 12.4 Å². The van der Waals surface area contributed by atoms with E-state index >= 15 is 0 Å². The van der Waals surface area contributed by atoms with Crippen LogP contribution in [0.4, 0.5) is 0 Å². The number of carboxylic acids is 1. The van der Waals surface area contributed by atoms with Crippen molar-refractivity contribution in [1.82, 2.24) is 0 Å². The Kier molecular flexibility index (Phi) is 5.60. The number of benzene rings is 1. The molecule has 0 aliphatic carbocycles. The molecule has 102 valence electrons. The zero-order valence-corrected chi connectivity index (χ0v) is 11.2. The van der Waals surface area contributed by atoms with Gasteiger partial charge < -0.3 is 14.7 Å². The monoisotopic (exact) mass is 263 g/mol. The third kappa shape index (κ3) is 4.83. The highest BCUT2D eigenvalue weighted by molar-refractivity contribution is 6.34. The van der Waals surface area contributed by atoms with Crippen LogP contribution in [0.5, 0.6) is 5.75 Å². The molecule has 0 aliphatic heterocycles. The molecule has 1 aromatic carbocycles. The number of carboxylic acid groups (broad SMARTS) is 1. The van der Waals surface area contributed by atoms with Crippen molar-refractivity contribution in [2.24, 2.45) is 5.16 Å². The van der Waals surface area contributed by atoms with E-state index in [0.29, 0.717) is 0 Å². The summed E-state index contributed by atoms with van der Waals surface area (Å²) in [7, 11) is 1.61. The summed E-state index contributed by atoms with van der Waals surface area (Å²) in [5.41, 5.74) is 1.98. The Balaban J connectivity index is 2.60. The summed E-state index contributed by atoms with van der Waals surface area (Å²) in [6, 6.07) is 5.84. The van der Waals surface area contributed by atoms with Crippen molar-refractivity contribution < 1.29 is 19.5 Å². The lowest BCUT2D eigenvalue weighted by molar-refractivity contribution is -0.129. The van der Waals surface area contributed by atoms with Gasteiger partial charge in [-0.1, -0.05) is 22.9 Å². The third-order valence-electron chi connectivity index (χ3n) is 2.36.